The molecule has 1 aliphatic rings. The Morgan fingerprint density at radius 2 is 2.03 bits per heavy atom. The Kier molecular flexibility index (Phi) is 4.23. The van der Waals surface area contributed by atoms with Gasteiger partial charge in [0.1, 0.15) is 29.6 Å². The molecule has 0 amide bonds. The van der Waals surface area contributed by atoms with Gasteiger partial charge in [-0.15, -0.1) is 0 Å². The Balaban J connectivity index is 1.42. The number of anilines is 1. The van der Waals surface area contributed by atoms with Crippen LogP contribution in [0.15, 0.2) is 45.7 Å². The van der Waals surface area contributed by atoms with E-state index in [4.69, 9.17) is 13.9 Å². The molecule has 1 saturated carbocycles. The average Bonchev–Trinajstić information content (AvgIpc) is 3.21. The summed E-state index contributed by atoms with van der Waals surface area (Å²) in [6.07, 6.45) is 7.29. The monoisotopic (exact) mass is 428 g/mol. The second-order valence-corrected chi connectivity index (χ2v) is 7.88. The first-order valence-corrected chi connectivity index (χ1v) is 10.4. The van der Waals surface area contributed by atoms with Gasteiger partial charge < -0.3 is 14.3 Å². The summed E-state index contributed by atoms with van der Waals surface area (Å²) >= 11 is 0. The molecular formula is C22H20N8O2. The molecule has 0 unspecified atom stereocenters. The summed E-state index contributed by atoms with van der Waals surface area (Å²) in [5, 5.41) is 12.5. The normalized spacial score (nSPS) is 13.7. The van der Waals surface area contributed by atoms with Crippen LogP contribution in [0.1, 0.15) is 36.0 Å². The molecule has 1 N–H and O–H groups in total. The summed E-state index contributed by atoms with van der Waals surface area (Å²) in [5.41, 5.74) is 3.15. The van der Waals surface area contributed by atoms with Crippen LogP contribution in [-0.2, 0) is 6.54 Å². The molecule has 1 fully saturated rings. The molecule has 10 nitrogen and oxygen atoms in total. The van der Waals surface area contributed by atoms with Gasteiger partial charge in [0.25, 0.3) is 5.89 Å². The van der Waals surface area contributed by atoms with E-state index in [1.54, 1.807) is 25.6 Å². The molecule has 6 rings (SSSR count). The first kappa shape index (κ1) is 18.7. The topological polar surface area (TPSA) is 121 Å². The standard InChI is InChI=1S/C22H20N8O2/c1-12-3-6-14(31-12)11-30-21-16(8-26-30)15(7-17(27-21)13-4-5-13)22-28-20(29-32-22)18-9-25-19(23-2)10-24-18/h3,6-10,13H,4-5,11H2,1-2H3,(H,23,25). The maximum atomic E-state index is 5.73. The number of nitrogens with one attached hydrogen (secondary N) is 1. The number of hydrogen-bond donors (Lipinski definition) is 1. The van der Waals surface area contributed by atoms with Crippen LogP contribution in [0, 0.1) is 6.92 Å². The van der Waals surface area contributed by atoms with Crippen molar-refractivity contribution in [3.8, 4) is 23.0 Å². The highest BCUT2D eigenvalue weighted by Gasteiger charge is 2.28. The van der Waals surface area contributed by atoms with Gasteiger partial charge in [-0.3, -0.25) is 0 Å². The highest BCUT2D eigenvalue weighted by molar-refractivity contribution is 5.90. The number of nitrogens with zero attached hydrogens (tertiary/aromatic N) is 7. The molecule has 10 heteroatoms. The molecule has 0 saturated heterocycles. The smallest absolute Gasteiger partial charge is 0.259 e. The molecular weight excluding hydrogens is 408 g/mol. The first-order valence-electron chi connectivity index (χ1n) is 10.4. The summed E-state index contributed by atoms with van der Waals surface area (Å²) in [5.74, 6) is 3.61. The number of fused-ring (bicyclic) bond motifs is 1. The van der Waals surface area contributed by atoms with Crippen molar-refractivity contribution in [2.75, 3.05) is 12.4 Å². The average molecular weight is 428 g/mol. The number of rotatable bonds is 6. The predicted octanol–water partition coefficient (Wildman–Crippen LogP) is 3.81. The highest BCUT2D eigenvalue weighted by atomic mass is 16.5. The van der Waals surface area contributed by atoms with Crippen molar-refractivity contribution < 1.29 is 8.94 Å². The van der Waals surface area contributed by atoms with Crippen molar-refractivity contribution in [2.45, 2.75) is 32.2 Å². The zero-order valence-electron chi connectivity index (χ0n) is 17.6. The van der Waals surface area contributed by atoms with Gasteiger partial charge in [-0.05, 0) is 38.0 Å². The van der Waals surface area contributed by atoms with Gasteiger partial charge in [0.2, 0.25) is 5.82 Å². The minimum Gasteiger partial charge on any atom is -0.464 e. The van der Waals surface area contributed by atoms with E-state index in [-0.39, 0.29) is 0 Å². The lowest BCUT2D eigenvalue weighted by molar-refractivity contribution is 0.432. The van der Waals surface area contributed by atoms with Gasteiger partial charge in [0.15, 0.2) is 5.65 Å². The third-order valence-corrected chi connectivity index (χ3v) is 5.52. The molecule has 32 heavy (non-hydrogen) atoms. The predicted molar refractivity (Wildman–Crippen MR) is 116 cm³/mol. The Morgan fingerprint density at radius 3 is 2.75 bits per heavy atom. The number of hydrogen-bond acceptors (Lipinski definition) is 9. The highest BCUT2D eigenvalue weighted by Crippen LogP contribution is 2.41. The fourth-order valence-electron chi connectivity index (χ4n) is 3.68. The van der Waals surface area contributed by atoms with Crippen LogP contribution < -0.4 is 5.32 Å². The molecule has 0 aromatic carbocycles. The molecule has 0 spiro atoms. The van der Waals surface area contributed by atoms with Gasteiger partial charge in [-0.1, -0.05) is 5.16 Å². The molecule has 5 heterocycles. The molecule has 5 aromatic heterocycles. The van der Waals surface area contributed by atoms with Crippen LogP contribution in [-0.4, -0.2) is 41.9 Å². The molecule has 0 radical (unpaired) electrons. The van der Waals surface area contributed by atoms with Crippen LogP contribution in [0.25, 0.3) is 34.0 Å². The zero-order valence-corrected chi connectivity index (χ0v) is 17.6. The minimum atomic E-state index is 0.381. The van der Waals surface area contributed by atoms with Crippen LogP contribution >= 0.6 is 0 Å². The van der Waals surface area contributed by atoms with Gasteiger partial charge in [0, 0.05) is 18.7 Å². The third kappa shape index (κ3) is 3.29. The van der Waals surface area contributed by atoms with Gasteiger partial charge in [-0.25, -0.2) is 19.6 Å². The quantitative estimate of drug-likeness (QED) is 0.430. The lowest BCUT2D eigenvalue weighted by Gasteiger charge is -2.05. The van der Waals surface area contributed by atoms with E-state index in [0.717, 1.165) is 46.7 Å². The third-order valence-electron chi connectivity index (χ3n) is 5.52. The Morgan fingerprint density at radius 1 is 1.12 bits per heavy atom. The molecule has 1 aliphatic carbocycles. The number of furan rings is 1. The van der Waals surface area contributed by atoms with E-state index in [1.165, 1.54) is 0 Å². The summed E-state index contributed by atoms with van der Waals surface area (Å²) in [7, 11) is 1.79. The van der Waals surface area contributed by atoms with Crippen LogP contribution in [0.5, 0.6) is 0 Å². The first-order chi connectivity index (χ1) is 15.7. The summed E-state index contributed by atoms with van der Waals surface area (Å²) in [6, 6.07) is 5.94. The molecule has 0 bridgehead atoms. The van der Waals surface area contributed by atoms with Crippen LogP contribution in [0.3, 0.4) is 0 Å². The lowest BCUT2D eigenvalue weighted by atomic mass is 10.1. The second-order valence-electron chi connectivity index (χ2n) is 7.88. The fourth-order valence-corrected chi connectivity index (χ4v) is 3.68. The van der Waals surface area contributed by atoms with Gasteiger partial charge >= 0.3 is 0 Å². The van der Waals surface area contributed by atoms with Crippen molar-refractivity contribution in [2.24, 2.45) is 0 Å². The Labute approximate surface area is 182 Å². The van der Waals surface area contributed by atoms with Crippen LogP contribution in [0.4, 0.5) is 5.82 Å². The van der Waals surface area contributed by atoms with Gasteiger partial charge in [0.05, 0.1) is 29.5 Å². The zero-order chi connectivity index (χ0) is 21.7. The Hall–Kier alpha value is -4.08. The summed E-state index contributed by atoms with van der Waals surface area (Å²) < 4.78 is 13.2. The summed E-state index contributed by atoms with van der Waals surface area (Å²) in [4.78, 5) is 18.1. The Bertz CT molecular complexity index is 1410. The van der Waals surface area contributed by atoms with E-state index in [0.29, 0.717) is 35.7 Å². The maximum absolute atomic E-state index is 5.73. The van der Waals surface area contributed by atoms with Gasteiger partial charge in [-0.2, -0.15) is 10.1 Å². The lowest BCUT2D eigenvalue weighted by Crippen LogP contribution is -2.03. The van der Waals surface area contributed by atoms with Crippen molar-refractivity contribution in [3.63, 3.8) is 0 Å². The van der Waals surface area contributed by atoms with E-state index >= 15 is 0 Å². The number of pyridine rings is 1. The van der Waals surface area contributed by atoms with E-state index in [9.17, 15) is 0 Å². The van der Waals surface area contributed by atoms with E-state index < -0.39 is 0 Å². The molecule has 5 aromatic rings. The fraction of sp³-hybridized carbons (Fsp3) is 0.273. The second kappa shape index (κ2) is 7.26. The van der Waals surface area contributed by atoms with Crippen LogP contribution in [0.2, 0.25) is 0 Å². The van der Waals surface area contributed by atoms with Crippen molar-refractivity contribution in [1.82, 2.24) is 34.9 Å². The van der Waals surface area contributed by atoms with Crippen molar-refractivity contribution >= 4 is 16.9 Å². The number of aromatic nitrogens is 7. The number of aryl methyl sites for hydroxylation is 1. The summed E-state index contributed by atoms with van der Waals surface area (Å²) in [6.45, 7) is 2.43. The van der Waals surface area contributed by atoms with E-state index in [1.807, 2.05) is 29.8 Å². The molecule has 0 aliphatic heterocycles. The van der Waals surface area contributed by atoms with E-state index in [2.05, 4.69) is 30.5 Å². The molecule has 160 valence electrons. The SMILES string of the molecule is CNc1cnc(-c2noc(-c3cc(C4CC4)nc4c3cnn4Cc3ccc(C)o3)n2)cn1. The largest absolute Gasteiger partial charge is 0.464 e. The maximum Gasteiger partial charge on any atom is 0.259 e. The minimum absolute atomic E-state index is 0.381. The molecule has 0 atom stereocenters. The van der Waals surface area contributed by atoms with Crippen molar-refractivity contribution in [3.05, 3.63) is 54.0 Å². The van der Waals surface area contributed by atoms with Crippen molar-refractivity contribution in [1.29, 1.82) is 0 Å².